The van der Waals surface area contributed by atoms with Crippen LogP contribution < -0.4 is 4.74 Å². The van der Waals surface area contributed by atoms with Crippen molar-refractivity contribution in [3.8, 4) is 5.75 Å². The van der Waals surface area contributed by atoms with Crippen LogP contribution in [0.1, 0.15) is 22.8 Å². The van der Waals surface area contributed by atoms with Gasteiger partial charge >= 0.3 is 5.97 Å². The van der Waals surface area contributed by atoms with E-state index in [0.29, 0.717) is 17.9 Å². The van der Waals surface area contributed by atoms with Gasteiger partial charge in [-0.25, -0.2) is 4.79 Å². The number of esters is 1. The standard InChI is InChI=1S/C22H26O8/c1-2-27-22-20(25)19(24)18(23)17(30-22)13-29-21(26)15-8-10-16(11-9-15)28-12-14-6-4-3-5-7-14/h3-11,17-20,22-25H,2,12-13H2,1H3/t17-,18-,19+,20-,22-/m1/s1. The molecule has 0 spiro atoms. The molecule has 8 nitrogen and oxygen atoms in total. The number of rotatable bonds is 8. The van der Waals surface area contributed by atoms with Crippen LogP contribution in [0.4, 0.5) is 0 Å². The highest BCUT2D eigenvalue weighted by Crippen LogP contribution is 2.23. The third-order valence-corrected chi connectivity index (χ3v) is 4.72. The number of carbonyl (C=O) groups excluding carboxylic acids is 1. The molecule has 1 heterocycles. The molecule has 1 saturated heterocycles. The van der Waals surface area contributed by atoms with Crippen molar-refractivity contribution < 1.29 is 39.1 Å². The first-order chi connectivity index (χ1) is 14.5. The minimum Gasteiger partial charge on any atom is -0.489 e. The Balaban J connectivity index is 1.51. The fourth-order valence-corrected chi connectivity index (χ4v) is 3.03. The summed E-state index contributed by atoms with van der Waals surface area (Å²) in [5.74, 6) is -0.00733. The molecule has 2 aromatic rings. The van der Waals surface area contributed by atoms with Crippen LogP contribution >= 0.6 is 0 Å². The lowest BCUT2D eigenvalue weighted by atomic mass is 9.99. The van der Waals surface area contributed by atoms with Gasteiger partial charge in [-0.05, 0) is 36.8 Å². The molecule has 5 atom stereocenters. The molecule has 0 radical (unpaired) electrons. The highest BCUT2D eigenvalue weighted by molar-refractivity contribution is 5.89. The van der Waals surface area contributed by atoms with Crippen LogP contribution in [-0.2, 0) is 20.8 Å². The average Bonchev–Trinajstić information content (AvgIpc) is 2.78. The molecule has 8 heteroatoms. The van der Waals surface area contributed by atoms with Gasteiger partial charge in [-0.1, -0.05) is 30.3 Å². The van der Waals surface area contributed by atoms with Crippen molar-refractivity contribution in [3.63, 3.8) is 0 Å². The van der Waals surface area contributed by atoms with Gasteiger partial charge in [-0.2, -0.15) is 0 Å². The predicted octanol–water partition coefficient (Wildman–Crippen LogP) is 1.27. The molecule has 0 bridgehead atoms. The van der Waals surface area contributed by atoms with Gasteiger partial charge in [0.15, 0.2) is 6.29 Å². The highest BCUT2D eigenvalue weighted by Gasteiger charge is 2.44. The largest absolute Gasteiger partial charge is 0.489 e. The molecular weight excluding hydrogens is 392 g/mol. The molecule has 1 aliphatic rings. The van der Waals surface area contributed by atoms with Crippen LogP contribution in [0.5, 0.6) is 5.75 Å². The Hall–Kier alpha value is -2.49. The van der Waals surface area contributed by atoms with E-state index in [1.54, 1.807) is 31.2 Å². The number of ether oxygens (including phenoxy) is 4. The first-order valence-corrected chi connectivity index (χ1v) is 9.74. The second kappa shape index (κ2) is 10.5. The van der Waals surface area contributed by atoms with Crippen molar-refractivity contribution in [3.05, 3.63) is 65.7 Å². The van der Waals surface area contributed by atoms with Crippen LogP contribution in [-0.4, -0.2) is 65.2 Å². The Kier molecular flexibility index (Phi) is 7.78. The molecule has 1 aliphatic heterocycles. The number of benzene rings is 2. The molecule has 0 saturated carbocycles. The molecule has 2 aromatic carbocycles. The Bertz CT molecular complexity index is 795. The molecule has 0 aromatic heterocycles. The second-order valence-corrected chi connectivity index (χ2v) is 6.87. The second-order valence-electron chi connectivity index (χ2n) is 6.87. The summed E-state index contributed by atoms with van der Waals surface area (Å²) >= 11 is 0. The van der Waals surface area contributed by atoms with Crippen molar-refractivity contribution in [2.24, 2.45) is 0 Å². The SMILES string of the molecule is CCO[C@@H]1O[C@H](COC(=O)c2ccc(OCc3ccccc3)cc2)[C@@H](O)[C@H](O)[C@H]1O. The van der Waals surface area contributed by atoms with Gasteiger partial charge in [-0.3, -0.25) is 0 Å². The minimum atomic E-state index is -1.47. The Morgan fingerprint density at radius 3 is 2.33 bits per heavy atom. The van der Waals surface area contributed by atoms with Gasteiger partial charge in [0, 0.05) is 6.61 Å². The highest BCUT2D eigenvalue weighted by atomic mass is 16.7. The molecule has 0 amide bonds. The molecule has 162 valence electrons. The summed E-state index contributed by atoms with van der Waals surface area (Å²) in [7, 11) is 0. The van der Waals surface area contributed by atoms with Crippen LogP contribution in [0.2, 0.25) is 0 Å². The van der Waals surface area contributed by atoms with E-state index in [4.69, 9.17) is 18.9 Å². The van der Waals surface area contributed by atoms with Crippen LogP contribution in [0.3, 0.4) is 0 Å². The topological polar surface area (TPSA) is 115 Å². The maximum Gasteiger partial charge on any atom is 0.338 e. The third-order valence-electron chi connectivity index (χ3n) is 4.72. The number of aliphatic hydroxyl groups is 3. The van der Waals surface area contributed by atoms with Gasteiger partial charge < -0.3 is 34.3 Å². The monoisotopic (exact) mass is 418 g/mol. The lowest BCUT2D eigenvalue weighted by Crippen LogP contribution is -2.59. The Morgan fingerprint density at radius 2 is 1.67 bits per heavy atom. The Labute approximate surface area is 174 Å². The zero-order valence-corrected chi connectivity index (χ0v) is 16.6. The van der Waals surface area contributed by atoms with Gasteiger partial charge in [0.25, 0.3) is 0 Å². The normalized spacial score (nSPS) is 26.2. The van der Waals surface area contributed by atoms with Gasteiger partial charge in [0.05, 0.1) is 5.56 Å². The van der Waals surface area contributed by atoms with E-state index in [-0.39, 0.29) is 13.2 Å². The zero-order chi connectivity index (χ0) is 21.5. The molecule has 3 N–H and O–H groups in total. The van der Waals surface area contributed by atoms with Crippen LogP contribution in [0, 0.1) is 0 Å². The van der Waals surface area contributed by atoms with Crippen molar-refractivity contribution in [1.29, 1.82) is 0 Å². The van der Waals surface area contributed by atoms with Crippen molar-refractivity contribution >= 4 is 5.97 Å². The van der Waals surface area contributed by atoms with Crippen LogP contribution in [0.25, 0.3) is 0 Å². The summed E-state index contributed by atoms with van der Waals surface area (Å²) in [5, 5.41) is 29.9. The minimum absolute atomic E-state index is 0.246. The van der Waals surface area contributed by atoms with E-state index >= 15 is 0 Å². The average molecular weight is 418 g/mol. The predicted molar refractivity (Wildman–Crippen MR) is 106 cm³/mol. The maximum absolute atomic E-state index is 12.3. The zero-order valence-electron chi connectivity index (χ0n) is 16.6. The lowest BCUT2D eigenvalue weighted by molar-refractivity contribution is -0.299. The van der Waals surface area contributed by atoms with Gasteiger partial charge in [-0.15, -0.1) is 0 Å². The lowest BCUT2D eigenvalue weighted by Gasteiger charge is -2.39. The molecule has 3 rings (SSSR count). The summed E-state index contributed by atoms with van der Waals surface area (Å²) in [4.78, 5) is 12.3. The quantitative estimate of drug-likeness (QED) is 0.549. The smallest absolute Gasteiger partial charge is 0.338 e. The molecule has 1 fully saturated rings. The summed E-state index contributed by atoms with van der Waals surface area (Å²) in [5.41, 5.74) is 1.33. The van der Waals surface area contributed by atoms with E-state index in [9.17, 15) is 20.1 Å². The van der Waals surface area contributed by atoms with Crippen molar-refractivity contribution in [2.45, 2.75) is 44.2 Å². The van der Waals surface area contributed by atoms with E-state index in [0.717, 1.165) is 5.56 Å². The number of hydrogen-bond donors (Lipinski definition) is 3. The number of aliphatic hydroxyl groups excluding tert-OH is 3. The maximum atomic E-state index is 12.3. The number of hydrogen-bond acceptors (Lipinski definition) is 8. The summed E-state index contributed by atoms with van der Waals surface area (Å²) < 4.78 is 21.5. The first kappa shape index (κ1) is 22.2. The molecule has 0 unspecified atom stereocenters. The summed E-state index contributed by atoms with van der Waals surface area (Å²) in [6.45, 7) is 2.06. The third kappa shape index (κ3) is 5.56. The van der Waals surface area contributed by atoms with Crippen molar-refractivity contribution in [2.75, 3.05) is 13.2 Å². The van der Waals surface area contributed by atoms with Crippen LogP contribution in [0.15, 0.2) is 54.6 Å². The van der Waals surface area contributed by atoms with Crippen molar-refractivity contribution in [1.82, 2.24) is 0 Å². The molecule has 0 aliphatic carbocycles. The van der Waals surface area contributed by atoms with E-state index in [1.807, 2.05) is 30.3 Å². The van der Waals surface area contributed by atoms with E-state index in [2.05, 4.69) is 0 Å². The first-order valence-electron chi connectivity index (χ1n) is 9.74. The fraction of sp³-hybridized carbons (Fsp3) is 0.409. The number of carbonyl (C=O) groups is 1. The van der Waals surface area contributed by atoms with E-state index in [1.165, 1.54) is 0 Å². The molecule has 30 heavy (non-hydrogen) atoms. The summed E-state index contributed by atoms with van der Waals surface area (Å²) in [6.07, 6.45) is -6.43. The van der Waals surface area contributed by atoms with Gasteiger partial charge in [0.2, 0.25) is 0 Å². The Morgan fingerprint density at radius 1 is 0.967 bits per heavy atom. The van der Waals surface area contributed by atoms with E-state index < -0.39 is 36.7 Å². The summed E-state index contributed by atoms with van der Waals surface area (Å²) in [6, 6.07) is 16.2. The van der Waals surface area contributed by atoms with Gasteiger partial charge in [0.1, 0.15) is 43.4 Å². The molecular formula is C22H26O8. The fourth-order valence-electron chi connectivity index (χ4n) is 3.03.